The van der Waals surface area contributed by atoms with Crippen molar-refractivity contribution in [2.45, 2.75) is 38.6 Å². The quantitative estimate of drug-likeness (QED) is 0.587. The molecule has 1 saturated heterocycles. The Morgan fingerprint density at radius 1 is 1.21 bits per heavy atom. The summed E-state index contributed by atoms with van der Waals surface area (Å²) in [7, 11) is 0. The minimum Gasteiger partial charge on any atom is -0.494 e. The third kappa shape index (κ3) is 4.81. The minimum atomic E-state index is 0.0684. The molecule has 1 heterocycles. The molecule has 1 aromatic rings. The third-order valence-corrected chi connectivity index (χ3v) is 4.72. The predicted molar refractivity (Wildman–Crippen MR) is 92.3 cm³/mol. The van der Waals surface area contributed by atoms with Gasteiger partial charge in [0.05, 0.1) is 6.61 Å². The fraction of sp³-hybridized carbons (Fsp3) is 0.579. The van der Waals surface area contributed by atoms with E-state index in [0.717, 1.165) is 51.1 Å². The highest BCUT2D eigenvalue weighted by atomic mass is 16.5. The number of amides is 1. The lowest BCUT2D eigenvalue weighted by Crippen LogP contribution is -2.38. The number of nitrogens with zero attached hydrogens (tertiary/aromatic N) is 1. The zero-order valence-electron chi connectivity index (χ0n) is 14.3. The maximum Gasteiger partial charge on any atom is 0.223 e. The van der Waals surface area contributed by atoms with Crippen LogP contribution in [0.5, 0.6) is 5.75 Å². The Kier molecular flexibility index (Phi) is 5.51. The second kappa shape index (κ2) is 7.79. The SMILES string of the molecule is CC(=O)c1ccc(OCCCN2CC[C@@H](NC(=O)C3CC3)C2)cc1. The van der Waals surface area contributed by atoms with Crippen molar-refractivity contribution in [2.24, 2.45) is 5.92 Å². The number of ether oxygens (including phenoxy) is 1. The molecule has 1 N–H and O–H groups in total. The summed E-state index contributed by atoms with van der Waals surface area (Å²) in [4.78, 5) is 25.4. The molecule has 1 aliphatic carbocycles. The van der Waals surface area contributed by atoms with Crippen LogP contribution in [0.3, 0.4) is 0 Å². The molecule has 0 aromatic heterocycles. The summed E-state index contributed by atoms with van der Waals surface area (Å²) < 4.78 is 5.72. The Hall–Kier alpha value is -1.88. The number of carbonyl (C=O) groups is 2. The molecule has 0 spiro atoms. The van der Waals surface area contributed by atoms with E-state index >= 15 is 0 Å². The van der Waals surface area contributed by atoms with E-state index in [1.807, 2.05) is 12.1 Å². The molecule has 2 aliphatic rings. The number of Topliss-reactive ketones (excluding diaryl/α,β-unsaturated/α-hetero) is 1. The van der Waals surface area contributed by atoms with Crippen LogP contribution < -0.4 is 10.1 Å². The molecule has 0 radical (unpaired) electrons. The molecule has 1 aliphatic heterocycles. The predicted octanol–water partition coefficient (Wildman–Crippen LogP) is 2.26. The largest absolute Gasteiger partial charge is 0.494 e. The monoisotopic (exact) mass is 330 g/mol. The van der Waals surface area contributed by atoms with Crippen LogP contribution >= 0.6 is 0 Å². The van der Waals surface area contributed by atoms with E-state index in [4.69, 9.17) is 4.74 Å². The Balaban J connectivity index is 1.30. The topological polar surface area (TPSA) is 58.6 Å². The molecule has 2 fully saturated rings. The van der Waals surface area contributed by atoms with E-state index in [1.54, 1.807) is 19.1 Å². The number of rotatable bonds is 8. The van der Waals surface area contributed by atoms with Crippen molar-refractivity contribution in [3.05, 3.63) is 29.8 Å². The number of ketones is 1. The fourth-order valence-electron chi connectivity index (χ4n) is 3.08. The van der Waals surface area contributed by atoms with Gasteiger partial charge in [-0.05, 0) is 56.9 Å². The molecule has 1 amide bonds. The van der Waals surface area contributed by atoms with Crippen LogP contribution in [0.4, 0.5) is 0 Å². The molecule has 5 heteroatoms. The summed E-state index contributed by atoms with van der Waals surface area (Å²) in [5.74, 6) is 1.41. The average molecular weight is 330 g/mol. The summed E-state index contributed by atoms with van der Waals surface area (Å²) in [5.41, 5.74) is 0.707. The number of carbonyl (C=O) groups excluding carboxylic acids is 2. The van der Waals surface area contributed by atoms with E-state index < -0.39 is 0 Å². The van der Waals surface area contributed by atoms with Crippen molar-refractivity contribution in [3.8, 4) is 5.75 Å². The van der Waals surface area contributed by atoms with Gasteiger partial charge in [-0.3, -0.25) is 9.59 Å². The molecule has 5 nitrogen and oxygen atoms in total. The van der Waals surface area contributed by atoms with Gasteiger partial charge in [0.25, 0.3) is 0 Å². The van der Waals surface area contributed by atoms with Crippen LogP contribution in [0.15, 0.2) is 24.3 Å². The van der Waals surface area contributed by atoms with Crippen molar-refractivity contribution >= 4 is 11.7 Å². The lowest BCUT2D eigenvalue weighted by molar-refractivity contribution is -0.122. The summed E-state index contributed by atoms with van der Waals surface area (Å²) in [6.07, 6.45) is 4.13. The molecule has 1 saturated carbocycles. The zero-order valence-corrected chi connectivity index (χ0v) is 14.3. The first-order chi connectivity index (χ1) is 11.6. The van der Waals surface area contributed by atoms with Crippen molar-refractivity contribution < 1.29 is 14.3 Å². The van der Waals surface area contributed by atoms with Crippen LogP contribution in [0, 0.1) is 5.92 Å². The van der Waals surface area contributed by atoms with E-state index in [2.05, 4.69) is 10.2 Å². The molecule has 1 atom stereocenters. The van der Waals surface area contributed by atoms with Crippen LogP contribution in [0.2, 0.25) is 0 Å². The van der Waals surface area contributed by atoms with E-state index in [0.29, 0.717) is 24.1 Å². The molecule has 1 aromatic carbocycles. The zero-order chi connectivity index (χ0) is 16.9. The Morgan fingerprint density at radius 2 is 1.96 bits per heavy atom. The maximum absolute atomic E-state index is 11.8. The van der Waals surface area contributed by atoms with Gasteiger partial charge >= 0.3 is 0 Å². The smallest absolute Gasteiger partial charge is 0.223 e. The highest BCUT2D eigenvalue weighted by Gasteiger charge is 2.32. The van der Waals surface area contributed by atoms with Gasteiger partial charge in [0.15, 0.2) is 5.78 Å². The van der Waals surface area contributed by atoms with Crippen molar-refractivity contribution in [2.75, 3.05) is 26.2 Å². The Labute approximate surface area is 143 Å². The van der Waals surface area contributed by atoms with Crippen LogP contribution in [0.1, 0.15) is 43.0 Å². The van der Waals surface area contributed by atoms with Crippen molar-refractivity contribution in [1.82, 2.24) is 10.2 Å². The normalized spacial score (nSPS) is 20.8. The first-order valence-electron chi connectivity index (χ1n) is 8.88. The number of hydrogen-bond donors (Lipinski definition) is 1. The Morgan fingerprint density at radius 3 is 2.62 bits per heavy atom. The van der Waals surface area contributed by atoms with Gasteiger partial charge in [0.2, 0.25) is 5.91 Å². The molecule has 24 heavy (non-hydrogen) atoms. The highest BCUT2D eigenvalue weighted by Crippen LogP contribution is 2.29. The maximum atomic E-state index is 11.8. The molecule has 0 unspecified atom stereocenters. The van der Waals surface area contributed by atoms with Crippen molar-refractivity contribution in [1.29, 1.82) is 0 Å². The first kappa shape index (κ1) is 17.0. The summed E-state index contributed by atoms with van der Waals surface area (Å²) in [6, 6.07) is 7.60. The molecular weight excluding hydrogens is 304 g/mol. The van der Waals surface area contributed by atoms with E-state index in [9.17, 15) is 9.59 Å². The van der Waals surface area contributed by atoms with Crippen LogP contribution in [0.25, 0.3) is 0 Å². The first-order valence-corrected chi connectivity index (χ1v) is 8.88. The van der Waals surface area contributed by atoms with Gasteiger partial charge in [-0.2, -0.15) is 0 Å². The molecule has 0 bridgehead atoms. The lowest BCUT2D eigenvalue weighted by atomic mass is 10.1. The second-order valence-electron chi connectivity index (χ2n) is 6.85. The van der Waals surface area contributed by atoms with Gasteiger partial charge < -0.3 is 15.0 Å². The van der Waals surface area contributed by atoms with Crippen molar-refractivity contribution in [3.63, 3.8) is 0 Å². The third-order valence-electron chi connectivity index (χ3n) is 4.72. The van der Waals surface area contributed by atoms with Crippen LogP contribution in [-0.2, 0) is 4.79 Å². The van der Waals surface area contributed by atoms with Crippen LogP contribution in [-0.4, -0.2) is 48.9 Å². The molecule has 3 rings (SSSR count). The number of benzene rings is 1. The molecule has 130 valence electrons. The summed E-state index contributed by atoms with van der Waals surface area (Å²) in [5, 5.41) is 3.16. The standard InChI is InChI=1S/C19H26N2O3/c1-14(22)15-5-7-18(8-6-15)24-12-2-10-21-11-9-17(13-21)20-19(23)16-3-4-16/h5-8,16-17H,2-4,9-13H2,1H3,(H,20,23)/t17-/m1/s1. The Bertz CT molecular complexity index is 581. The van der Waals surface area contributed by atoms with Gasteiger partial charge in [-0.1, -0.05) is 0 Å². The number of nitrogens with one attached hydrogen (secondary N) is 1. The summed E-state index contributed by atoms with van der Waals surface area (Å²) >= 11 is 0. The van der Waals surface area contributed by atoms with Gasteiger partial charge in [-0.15, -0.1) is 0 Å². The van der Waals surface area contributed by atoms with Gasteiger partial charge in [-0.25, -0.2) is 0 Å². The number of likely N-dealkylation sites (tertiary alicyclic amines) is 1. The number of hydrogen-bond acceptors (Lipinski definition) is 4. The average Bonchev–Trinajstić information content (AvgIpc) is 3.34. The fourth-order valence-corrected chi connectivity index (χ4v) is 3.08. The molecular formula is C19H26N2O3. The van der Waals surface area contributed by atoms with E-state index in [-0.39, 0.29) is 11.7 Å². The second-order valence-corrected chi connectivity index (χ2v) is 6.85. The highest BCUT2D eigenvalue weighted by molar-refractivity contribution is 5.94. The van der Waals surface area contributed by atoms with Gasteiger partial charge in [0.1, 0.15) is 5.75 Å². The summed E-state index contributed by atoms with van der Waals surface area (Å²) in [6.45, 7) is 5.21. The lowest BCUT2D eigenvalue weighted by Gasteiger charge is -2.17. The van der Waals surface area contributed by atoms with E-state index in [1.165, 1.54) is 0 Å². The minimum absolute atomic E-state index is 0.0684. The van der Waals surface area contributed by atoms with Gasteiger partial charge in [0, 0.05) is 37.2 Å².